The van der Waals surface area contributed by atoms with Crippen LogP contribution in [0.5, 0.6) is 0 Å². The molecule has 6 heteroatoms. The zero-order valence-corrected chi connectivity index (χ0v) is 13.9. The van der Waals surface area contributed by atoms with E-state index in [-0.39, 0.29) is 11.1 Å². The van der Waals surface area contributed by atoms with Gasteiger partial charge in [0.05, 0.1) is 12.2 Å². The molecule has 1 heterocycles. The van der Waals surface area contributed by atoms with E-state index in [1.165, 1.54) is 12.1 Å². The Balaban J connectivity index is 2.15. The molecule has 1 aromatic carbocycles. The van der Waals surface area contributed by atoms with Gasteiger partial charge in [0.1, 0.15) is 0 Å². The molecule has 2 aromatic rings. The summed E-state index contributed by atoms with van der Waals surface area (Å²) in [6.45, 7) is 2.79. The van der Waals surface area contributed by atoms with Gasteiger partial charge in [-0.15, -0.1) is 0 Å². The smallest absolute Gasteiger partial charge is 0.335 e. The number of likely N-dealkylation sites (N-methyl/N-ethyl adjacent to an activating group) is 1. The Bertz CT molecular complexity index is 737. The van der Waals surface area contributed by atoms with E-state index in [4.69, 9.17) is 9.84 Å². The fraction of sp³-hybridized carbons (Fsp3) is 0.333. The zero-order chi connectivity index (χ0) is 17.5. The number of ether oxygens (including phenoxy) is 1. The van der Waals surface area contributed by atoms with Crippen molar-refractivity contribution in [2.24, 2.45) is 0 Å². The second kappa shape index (κ2) is 8.42. The van der Waals surface area contributed by atoms with Gasteiger partial charge in [-0.1, -0.05) is 12.1 Å². The molecular formula is C18H22N2O4. The molecule has 0 bridgehead atoms. The number of aromatic nitrogens is 1. The molecule has 1 aromatic heterocycles. The third-order valence-electron chi connectivity index (χ3n) is 3.86. The topological polar surface area (TPSA) is 71.8 Å². The van der Waals surface area contributed by atoms with Gasteiger partial charge in [-0.3, -0.25) is 4.79 Å². The lowest BCUT2D eigenvalue weighted by molar-refractivity contribution is 0.0697. The zero-order valence-electron chi connectivity index (χ0n) is 13.9. The van der Waals surface area contributed by atoms with Crippen LogP contribution in [0.1, 0.15) is 10.4 Å². The minimum Gasteiger partial charge on any atom is -0.478 e. The second-order valence-corrected chi connectivity index (χ2v) is 5.60. The Kier molecular flexibility index (Phi) is 6.28. The van der Waals surface area contributed by atoms with Crippen molar-refractivity contribution in [3.8, 4) is 11.1 Å². The van der Waals surface area contributed by atoms with E-state index in [0.717, 1.165) is 13.1 Å². The molecule has 0 saturated carbocycles. The molecule has 0 aliphatic heterocycles. The summed E-state index contributed by atoms with van der Waals surface area (Å²) >= 11 is 0. The van der Waals surface area contributed by atoms with E-state index in [2.05, 4.69) is 4.90 Å². The Morgan fingerprint density at radius 2 is 1.92 bits per heavy atom. The summed E-state index contributed by atoms with van der Waals surface area (Å²) < 4.78 is 6.71. The summed E-state index contributed by atoms with van der Waals surface area (Å²) in [4.78, 5) is 25.6. The molecule has 0 unspecified atom stereocenters. The number of carboxylic acid groups (broad SMARTS) is 1. The van der Waals surface area contributed by atoms with E-state index >= 15 is 0 Å². The van der Waals surface area contributed by atoms with Crippen LogP contribution < -0.4 is 5.56 Å². The van der Waals surface area contributed by atoms with Gasteiger partial charge in [0.15, 0.2) is 0 Å². The quantitative estimate of drug-likeness (QED) is 0.799. The van der Waals surface area contributed by atoms with Crippen LogP contribution in [0.15, 0.2) is 47.4 Å². The maximum absolute atomic E-state index is 12.6. The average Bonchev–Trinajstić information content (AvgIpc) is 2.59. The van der Waals surface area contributed by atoms with Crippen LogP contribution in [-0.4, -0.2) is 54.4 Å². The molecule has 128 valence electrons. The predicted molar refractivity (Wildman–Crippen MR) is 92.5 cm³/mol. The van der Waals surface area contributed by atoms with Crippen molar-refractivity contribution in [2.45, 2.75) is 6.54 Å². The Labute approximate surface area is 140 Å². The van der Waals surface area contributed by atoms with Gasteiger partial charge < -0.3 is 19.3 Å². The fourth-order valence-corrected chi connectivity index (χ4v) is 2.36. The maximum Gasteiger partial charge on any atom is 0.335 e. The summed E-state index contributed by atoms with van der Waals surface area (Å²) in [6.07, 6.45) is 1.77. The summed E-state index contributed by atoms with van der Waals surface area (Å²) in [5, 5.41) is 8.95. The van der Waals surface area contributed by atoms with Crippen molar-refractivity contribution in [3.05, 3.63) is 58.5 Å². The van der Waals surface area contributed by atoms with E-state index < -0.39 is 5.97 Å². The molecule has 0 aliphatic carbocycles. The maximum atomic E-state index is 12.6. The minimum atomic E-state index is -0.980. The third-order valence-corrected chi connectivity index (χ3v) is 3.86. The van der Waals surface area contributed by atoms with Gasteiger partial charge in [-0.05, 0) is 36.9 Å². The molecule has 24 heavy (non-hydrogen) atoms. The van der Waals surface area contributed by atoms with Crippen LogP contribution in [0, 0.1) is 0 Å². The van der Waals surface area contributed by atoms with Crippen LogP contribution in [0.4, 0.5) is 0 Å². The molecule has 0 atom stereocenters. The van der Waals surface area contributed by atoms with E-state index in [0.29, 0.717) is 24.3 Å². The second-order valence-electron chi connectivity index (χ2n) is 5.60. The van der Waals surface area contributed by atoms with E-state index in [1.54, 1.807) is 36.1 Å². The molecule has 2 rings (SSSR count). The number of rotatable bonds is 8. The lowest BCUT2D eigenvalue weighted by atomic mass is 10.1. The van der Waals surface area contributed by atoms with Gasteiger partial charge in [-0.2, -0.15) is 0 Å². The standard InChI is InChI=1S/C18H22N2O4/c1-19(12-13-24-2)10-11-20-9-3-4-16(17(20)21)14-5-7-15(8-6-14)18(22)23/h3-9H,10-13H2,1-2H3,(H,22,23). The number of carboxylic acids is 1. The summed E-state index contributed by atoms with van der Waals surface area (Å²) in [6, 6.07) is 9.92. The third kappa shape index (κ3) is 4.53. The van der Waals surface area contributed by atoms with Gasteiger partial charge >= 0.3 is 5.97 Å². The normalized spacial score (nSPS) is 11.0. The van der Waals surface area contributed by atoms with Gasteiger partial charge in [0.2, 0.25) is 0 Å². The van der Waals surface area contributed by atoms with Crippen LogP contribution in [-0.2, 0) is 11.3 Å². The molecule has 0 aliphatic rings. The van der Waals surface area contributed by atoms with Crippen molar-refractivity contribution in [1.29, 1.82) is 0 Å². The first-order chi connectivity index (χ1) is 11.5. The summed E-state index contributed by atoms with van der Waals surface area (Å²) in [5.41, 5.74) is 1.40. The predicted octanol–water partition coefficient (Wildman–Crippen LogP) is 1.79. The Morgan fingerprint density at radius 3 is 2.54 bits per heavy atom. The molecule has 0 fully saturated rings. The fourth-order valence-electron chi connectivity index (χ4n) is 2.36. The Hall–Kier alpha value is -2.44. The molecule has 0 spiro atoms. The highest BCUT2D eigenvalue weighted by Gasteiger charge is 2.08. The van der Waals surface area contributed by atoms with Crippen molar-refractivity contribution in [3.63, 3.8) is 0 Å². The van der Waals surface area contributed by atoms with Crippen LogP contribution in [0.2, 0.25) is 0 Å². The lowest BCUT2D eigenvalue weighted by Gasteiger charge is -2.17. The number of hydrogen-bond donors (Lipinski definition) is 1. The van der Waals surface area contributed by atoms with Crippen molar-refractivity contribution >= 4 is 5.97 Å². The van der Waals surface area contributed by atoms with E-state index in [1.807, 2.05) is 13.1 Å². The Morgan fingerprint density at radius 1 is 1.21 bits per heavy atom. The highest BCUT2D eigenvalue weighted by Crippen LogP contribution is 2.16. The highest BCUT2D eigenvalue weighted by atomic mass is 16.5. The lowest BCUT2D eigenvalue weighted by Crippen LogP contribution is -2.30. The molecule has 0 amide bonds. The van der Waals surface area contributed by atoms with Gasteiger partial charge in [0.25, 0.3) is 5.56 Å². The van der Waals surface area contributed by atoms with Crippen molar-refractivity contribution in [2.75, 3.05) is 33.9 Å². The highest BCUT2D eigenvalue weighted by molar-refractivity contribution is 5.88. The number of methoxy groups -OCH3 is 1. The van der Waals surface area contributed by atoms with Crippen molar-refractivity contribution in [1.82, 2.24) is 9.47 Å². The summed E-state index contributed by atoms with van der Waals surface area (Å²) in [5.74, 6) is -0.980. The van der Waals surface area contributed by atoms with Crippen LogP contribution >= 0.6 is 0 Å². The largest absolute Gasteiger partial charge is 0.478 e. The number of hydrogen-bond acceptors (Lipinski definition) is 4. The first kappa shape index (κ1) is 17.9. The summed E-state index contributed by atoms with van der Waals surface area (Å²) in [7, 11) is 3.65. The first-order valence-electron chi connectivity index (χ1n) is 7.73. The number of aromatic carboxylic acids is 1. The molecule has 0 radical (unpaired) electrons. The number of pyridine rings is 1. The molecule has 0 saturated heterocycles. The molecular weight excluding hydrogens is 308 g/mol. The first-order valence-corrected chi connectivity index (χ1v) is 7.73. The van der Waals surface area contributed by atoms with Crippen LogP contribution in [0.25, 0.3) is 11.1 Å². The minimum absolute atomic E-state index is 0.0827. The average molecular weight is 330 g/mol. The van der Waals surface area contributed by atoms with Crippen LogP contribution in [0.3, 0.4) is 0 Å². The monoisotopic (exact) mass is 330 g/mol. The van der Waals surface area contributed by atoms with Gasteiger partial charge in [0, 0.05) is 38.5 Å². The van der Waals surface area contributed by atoms with E-state index in [9.17, 15) is 9.59 Å². The SMILES string of the molecule is COCCN(C)CCn1cccc(-c2ccc(C(=O)O)cc2)c1=O. The van der Waals surface area contributed by atoms with Crippen molar-refractivity contribution < 1.29 is 14.6 Å². The molecule has 1 N–H and O–H groups in total. The number of carbonyl (C=O) groups is 1. The number of nitrogens with zero attached hydrogens (tertiary/aromatic N) is 2. The number of benzene rings is 1. The molecule has 6 nitrogen and oxygen atoms in total. The van der Waals surface area contributed by atoms with Gasteiger partial charge in [-0.25, -0.2) is 4.79 Å².